The molecular weight excluding hydrogens is 250 g/mol. The second kappa shape index (κ2) is 5.23. The molecule has 18 heavy (non-hydrogen) atoms. The molecule has 0 fully saturated rings. The van der Waals surface area contributed by atoms with Crippen molar-refractivity contribution in [2.24, 2.45) is 7.05 Å². The normalized spacial score (nSPS) is 12.2. The molecule has 1 heterocycles. The van der Waals surface area contributed by atoms with E-state index >= 15 is 0 Å². The molecule has 0 amide bonds. The second-order valence-electron chi connectivity index (χ2n) is 4.11. The summed E-state index contributed by atoms with van der Waals surface area (Å²) in [6.07, 6.45) is 3.22. The summed E-state index contributed by atoms with van der Waals surface area (Å²) in [5.74, 6) is 0.349. The van der Waals surface area contributed by atoms with E-state index in [4.69, 9.17) is 11.6 Å². The Morgan fingerprint density at radius 3 is 2.67 bits per heavy atom. The molecule has 0 aliphatic carbocycles. The molecule has 94 valence electrons. The van der Waals surface area contributed by atoms with Crippen LogP contribution in [-0.4, -0.2) is 9.55 Å². The Bertz CT molecular complexity index is 592. The van der Waals surface area contributed by atoms with Gasteiger partial charge in [0.15, 0.2) is 5.82 Å². The molecule has 0 spiro atoms. The van der Waals surface area contributed by atoms with Crippen molar-refractivity contribution in [3.05, 3.63) is 57.6 Å². The van der Waals surface area contributed by atoms with E-state index in [1.165, 1.54) is 4.57 Å². The number of benzene rings is 1. The summed E-state index contributed by atoms with van der Waals surface area (Å²) in [6, 6.07) is 7.49. The minimum absolute atomic E-state index is 0.00938. The maximum Gasteiger partial charge on any atom is 0.293 e. The number of rotatable bonds is 3. The SMILES string of the molecule is CC(Nc1nccn(C)c1=O)c1ccc(Cl)cc1. The highest BCUT2D eigenvalue weighted by Crippen LogP contribution is 2.18. The Labute approximate surface area is 110 Å². The highest BCUT2D eigenvalue weighted by Gasteiger charge is 2.09. The summed E-state index contributed by atoms with van der Waals surface area (Å²) in [7, 11) is 1.70. The van der Waals surface area contributed by atoms with E-state index in [0.717, 1.165) is 5.56 Å². The van der Waals surface area contributed by atoms with E-state index in [0.29, 0.717) is 10.8 Å². The maximum atomic E-state index is 11.8. The molecule has 0 bridgehead atoms. The van der Waals surface area contributed by atoms with Crippen LogP contribution in [-0.2, 0) is 7.05 Å². The van der Waals surface area contributed by atoms with Crippen molar-refractivity contribution in [2.75, 3.05) is 5.32 Å². The monoisotopic (exact) mass is 263 g/mol. The molecule has 0 saturated heterocycles. The molecule has 0 aliphatic heterocycles. The van der Waals surface area contributed by atoms with Gasteiger partial charge in [-0.25, -0.2) is 4.98 Å². The lowest BCUT2D eigenvalue weighted by Crippen LogP contribution is -2.23. The molecule has 0 aliphatic rings. The van der Waals surface area contributed by atoms with E-state index in [1.807, 2.05) is 31.2 Å². The van der Waals surface area contributed by atoms with Crippen molar-refractivity contribution in [3.63, 3.8) is 0 Å². The minimum atomic E-state index is -0.140. The summed E-state index contributed by atoms with van der Waals surface area (Å²) in [5, 5.41) is 3.79. The van der Waals surface area contributed by atoms with Crippen LogP contribution in [0.1, 0.15) is 18.5 Å². The van der Waals surface area contributed by atoms with E-state index in [-0.39, 0.29) is 11.6 Å². The van der Waals surface area contributed by atoms with Gasteiger partial charge in [-0.15, -0.1) is 0 Å². The lowest BCUT2D eigenvalue weighted by Gasteiger charge is -2.14. The Hall–Kier alpha value is -1.81. The van der Waals surface area contributed by atoms with Gasteiger partial charge in [-0.3, -0.25) is 4.79 Å². The maximum absolute atomic E-state index is 11.8. The third-order valence-corrected chi connectivity index (χ3v) is 2.99. The fraction of sp³-hybridized carbons (Fsp3) is 0.231. The van der Waals surface area contributed by atoms with E-state index in [1.54, 1.807) is 19.4 Å². The van der Waals surface area contributed by atoms with Crippen molar-refractivity contribution in [1.82, 2.24) is 9.55 Å². The minimum Gasteiger partial charge on any atom is -0.359 e. The van der Waals surface area contributed by atoms with Crippen LogP contribution in [0.3, 0.4) is 0 Å². The third-order valence-electron chi connectivity index (χ3n) is 2.74. The zero-order valence-electron chi connectivity index (χ0n) is 10.2. The van der Waals surface area contributed by atoms with Gasteiger partial charge in [0.25, 0.3) is 5.56 Å². The first-order valence-corrected chi connectivity index (χ1v) is 5.99. The lowest BCUT2D eigenvalue weighted by molar-refractivity contribution is 0.813. The number of hydrogen-bond acceptors (Lipinski definition) is 3. The van der Waals surface area contributed by atoms with Crippen LogP contribution in [0.2, 0.25) is 5.02 Å². The van der Waals surface area contributed by atoms with Crippen molar-refractivity contribution >= 4 is 17.4 Å². The molecule has 0 radical (unpaired) electrons. The topological polar surface area (TPSA) is 46.9 Å². The van der Waals surface area contributed by atoms with Crippen LogP contribution in [0.4, 0.5) is 5.82 Å². The first kappa shape index (κ1) is 12.6. The van der Waals surface area contributed by atoms with E-state index < -0.39 is 0 Å². The average molecular weight is 264 g/mol. The quantitative estimate of drug-likeness (QED) is 0.926. The van der Waals surface area contributed by atoms with Crippen LogP contribution in [0.15, 0.2) is 41.5 Å². The third kappa shape index (κ3) is 2.71. The van der Waals surface area contributed by atoms with Gasteiger partial charge in [0.2, 0.25) is 0 Å². The molecule has 5 heteroatoms. The van der Waals surface area contributed by atoms with Crippen LogP contribution in [0, 0.1) is 0 Å². The zero-order chi connectivity index (χ0) is 13.1. The van der Waals surface area contributed by atoms with Crippen LogP contribution >= 0.6 is 11.6 Å². The van der Waals surface area contributed by atoms with Gasteiger partial charge in [0, 0.05) is 24.5 Å². The Kier molecular flexibility index (Phi) is 3.67. The standard InChI is InChI=1S/C13H14ClN3O/c1-9(10-3-5-11(14)6-4-10)16-12-13(18)17(2)8-7-15-12/h3-9H,1-2H3,(H,15,16). The van der Waals surface area contributed by atoms with Crippen molar-refractivity contribution in [3.8, 4) is 0 Å². The number of aromatic nitrogens is 2. The van der Waals surface area contributed by atoms with Crippen molar-refractivity contribution in [1.29, 1.82) is 0 Å². The lowest BCUT2D eigenvalue weighted by atomic mass is 10.1. The van der Waals surface area contributed by atoms with Gasteiger partial charge >= 0.3 is 0 Å². The number of hydrogen-bond donors (Lipinski definition) is 1. The fourth-order valence-electron chi connectivity index (χ4n) is 1.64. The molecule has 1 N–H and O–H groups in total. The predicted molar refractivity (Wildman–Crippen MR) is 73.0 cm³/mol. The molecular formula is C13H14ClN3O. The first-order chi connectivity index (χ1) is 8.58. The first-order valence-electron chi connectivity index (χ1n) is 5.61. The van der Waals surface area contributed by atoms with Crippen LogP contribution in [0.5, 0.6) is 0 Å². The number of nitrogens with one attached hydrogen (secondary N) is 1. The fourth-order valence-corrected chi connectivity index (χ4v) is 1.76. The Morgan fingerprint density at radius 2 is 2.00 bits per heavy atom. The Morgan fingerprint density at radius 1 is 1.33 bits per heavy atom. The molecule has 1 aromatic carbocycles. The highest BCUT2D eigenvalue weighted by atomic mass is 35.5. The smallest absolute Gasteiger partial charge is 0.293 e. The van der Waals surface area contributed by atoms with Gasteiger partial charge in [0.05, 0.1) is 6.04 Å². The summed E-state index contributed by atoms with van der Waals surface area (Å²) >= 11 is 5.84. The molecule has 2 aromatic rings. The number of halogens is 1. The van der Waals surface area contributed by atoms with Gasteiger partial charge in [-0.1, -0.05) is 23.7 Å². The summed E-state index contributed by atoms with van der Waals surface area (Å²) in [4.78, 5) is 15.9. The molecule has 4 nitrogen and oxygen atoms in total. The zero-order valence-corrected chi connectivity index (χ0v) is 11.0. The van der Waals surface area contributed by atoms with Crippen molar-refractivity contribution in [2.45, 2.75) is 13.0 Å². The predicted octanol–water partition coefficient (Wildman–Crippen LogP) is 2.61. The van der Waals surface area contributed by atoms with Gasteiger partial charge in [0.1, 0.15) is 0 Å². The summed E-state index contributed by atoms with van der Waals surface area (Å²) in [6.45, 7) is 1.97. The molecule has 0 saturated carbocycles. The summed E-state index contributed by atoms with van der Waals surface area (Å²) < 4.78 is 1.49. The molecule has 1 aromatic heterocycles. The van der Waals surface area contributed by atoms with E-state index in [2.05, 4.69) is 10.3 Å². The van der Waals surface area contributed by atoms with Crippen LogP contribution in [0.25, 0.3) is 0 Å². The average Bonchev–Trinajstić information content (AvgIpc) is 2.36. The Balaban J connectivity index is 2.21. The number of nitrogens with zero attached hydrogens (tertiary/aromatic N) is 2. The largest absolute Gasteiger partial charge is 0.359 e. The van der Waals surface area contributed by atoms with Gasteiger partial charge in [-0.2, -0.15) is 0 Å². The van der Waals surface area contributed by atoms with Crippen molar-refractivity contribution < 1.29 is 0 Å². The number of anilines is 1. The van der Waals surface area contributed by atoms with Gasteiger partial charge < -0.3 is 9.88 Å². The second-order valence-corrected chi connectivity index (χ2v) is 4.55. The molecule has 1 unspecified atom stereocenters. The number of aryl methyl sites for hydroxylation is 1. The molecule has 2 rings (SSSR count). The highest BCUT2D eigenvalue weighted by molar-refractivity contribution is 6.30. The van der Waals surface area contributed by atoms with Crippen LogP contribution < -0.4 is 10.9 Å². The van der Waals surface area contributed by atoms with E-state index in [9.17, 15) is 4.79 Å². The van der Waals surface area contributed by atoms with Gasteiger partial charge in [-0.05, 0) is 24.6 Å². The molecule has 1 atom stereocenters. The summed E-state index contributed by atoms with van der Waals surface area (Å²) in [5.41, 5.74) is 0.908.